The van der Waals surface area contributed by atoms with Gasteiger partial charge in [-0.3, -0.25) is 4.79 Å². The van der Waals surface area contributed by atoms with Gasteiger partial charge in [0, 0.05) is 5.69 Å². The molecule has 0 aliphatic carbocycles. The molecule has 0 unspecified atom stereocenters. The van der Waals surface area contributed by atoms with Crippen molar-refractivity contribution in [2.45, 2.75) is 20.0 Å². The van der Waals surface area contributed by atoms with Crippen LogP contribution in [0.4, 0.5) is 5.69 Å². The molecule has 0 aliphatic heterocycles. The summed E-state index contributed by atoms with van der Waals surface area (Å²) in [5, 5.41) is 14.0. The van der Waals surface area contributed by atoms with Crippen molar-refractivity contribution < 1.29 is 9.53 Å². The fourth-order valence-corrected chi connectivity index (χ4v) is 2.36. The number of nitrogens with zero attached hydrogens (tertiary/aromatic N) is 4. The van der Waals surface area contributed by atoms with Gasteiger partial charge in [0.25, 0.3) is 0 Å². The number of carbonyl (C=O) groups is 1. The van der Waals surface area contributed by atoms with Gasteiger partial charge in [0.1, 0.15) is 6.33 Å². The zero-order valence-electron chi connectivity index (χ0n) is 13.9. The first kappa shape index (κ1) is 16.8. The number of carbonyl (C=O) groups excluding carboxylic acids is 1. The molecule has 3 aromatic rings. The Balaban J connectivity index is 1.50. The molecule has 0 aliphatic rings. The second-order valence-corrected chi connectivity index (χ2v) is 5.59. The van der Waals surface area contributed by atoms with Crippen molar-refractivity contribution in [2.75, 3.05) is 11.9 Å². The highest BCUT2D eigenvalue weighted by Gasteiger charge is 2.07. The highest BCUT2D eigenvalue weighted by molar-refractivity contribution is 5.91. The van der Waals surface area contributed by atoms with Crippen LogP contribution in [0, 0.1) is 6.92 Å². The van der Waals surface area contributed by atoms with E-state index < -0.39 is 0 Å². The van der Waals surface area contributed by atoms with Crippen molar-refractivity contribution in [2.24, 2.45) is 0 Å². The molecular weight excluding hydrogens is 318 g/mol. The van der Waals surface area contributed by atoms with Gasteiger partial charge in [-0.05, 0) is 40.6 Å². The third-order valence-electron chi connectivity index (χ3n) is 3.67. The van der Waals surface area contributed by atoms with Gasteiger partial charge >= 0.3 is 0 Å². The largest absolute Gasteiger partial charge is 0.376 e. The van der Waals surface area contributed by atoms with Gasteiger partial charge < -0.3 is 10.1 Å². The number of aryl methyl sites for hydroxylation is 1. The van der Waals surface area contributed by atoms with Gasteiger partial charge in [-0.15, -0.1) is 5.10 Å². The lowest BCUT2D eigenvalue weighted by Gasteiger charge is -2.10. The molecule has 0 saturated carbocycles. The molecule has 1 aromatic heterocycles. The number of ether oxygens (including phenoxy) is 1. The number of hydrogen-bond donors (Lipinski definition) is 1. The van der Waals surface area contributed by atoms with Crippen LogP contribution >= 0.6 is 0 Å². The summed E-state index contributed by atoms with van der Waals surface area (Å²) in [4.78, 5) is 12.1. The maximum absolute atomic E-state index is 12.1. The molecule has 7 nitrogen and oxygen atoms in total. The first-order valence-electron chi connectivity index (χ1n) is 7.98. The zero-order valence-corrected chi connectivity index (χ0v) is 13.9. The fourth-order valence-electron chi connectivity index (χ4n) is 2.36. The number of aromatic nitrogens is 4. The first-order chi connectivity index (χ1) is 12.2. The number of benzene rings is 2. The zero-order chi connectivity index (χ0) is 17.5. The van der Waals surface area contributed by atoms with Gasteiger partial charge in [-0.1, -0.05) is 36.4 Å². The summed E-state index contributed by atoms with van der Waals surface area (Å²) < 4.78 is 7.10. The monoisotopic (exact) mass is 337 g/mol. The minimum atomic E-state index is -0.0976. The smallest absolute Gasteiger partial charge is 0.226 e. The lowest BCUT2D eigenvalue weighted by atomic mass is 10.2. The SMILES string of the molecule is Cc1ccc(NC(=O)CCOCc2ccccc2)cc1-n1cnnn1. The van der Waals surface area contributed by atoms with Crippen LogP contribution in [0.2, 0.25) is 0 Å². The average Bonchev–Trinajstić information content (AvgIpc) is 3.16. The Bertz CT molecular complexity index is 819. The molecule has 0 saturated heterocycles. The van der Waals surface area contributed by atoms with E-state index in [-0.39, 0.29) is 5.91 Å². The molecule has 25 heavy (non-hydrogen) atoms. The van der Waals surface area contributed by atoms with E-state index in [9.17, 15) is 4.79 Å². The second-order valence-electron chi connectivity index (χ2n) is 5.59. The molecule has 0 fully saturated rings. The Kier molecular flexibility index (Phi) is 5.48. The van der Waals surface area contributed by atoms with E-state index >= 15 is 0 Å². The lowest BCUT2D eigenvalue weighted by Crippen LogP contribution is -2.14. The van der Waals surface area contributed by atoms with Gasteiger partial charge in [-0.25, -0.2) is 4.68 Å². The predicted molar refractivity (Wildman–Crippen MR) is 93.2 cm³/mol. The second kappa shape index (κ2) is 8.16. The molecule has 0 radical (unpaired) electrons. The molecular formula is C18H19N5O2. The molecule has 0 atom stereocenters. The third-order valence-corrected chi connectivity index (χ3v) is 3.67. The summed E-state index contributed by atoms with van der Waals surface area (Å²) in [7, 11) is 0. The van der Waals surface area contributed by atoms with Crippen molar-refractivity contribution in [1.82, 2.24) is 20.2 Å². The van der Waals surface area contributed by atoms with Crippen molar-refractivity contribution >= 4 is 11.6 Å². The fraction of sp³-hybridized carbons (Fsp3) is 0.222. The van der Waals surface area contributed by atoms with Crippen molar-refractivity contribution in [3.8, 4) is 5.69 Å². The van der Waals surface area contributed by atoms with Gasteiger partial charge in [0.05, 0.1) is 25.3 Å². The Hall–Kier alpha value is -3.06. The standard InChI is InChI=1S/C18H19N5O2/c1-14-7-8-16(11-17(14)23-13-19-21-22-23)20-18(24)9-10-25-12-15-5-3-2-4-6-15/h2-8,11,13H,9-10,12H2,1H3,(H,20,24). The number of anilines is 1. The Morgan fingerprint density at radius 3 is 2.80 bits per heavy atom. The Morgan fingerprint density at radius 1 is 1.20 bits per heavy atom. The summed E-state index contributed by atoms with van der Waals surface area (Å²) in [6, 6.07) is 15.5. The van der Waals surface area contributed by atoms with E-state index in [4.69, 9.17) is 4.74 Å². The summed E-state index contributed by atoms with van der Waals surface area (Å²) in [6.07, 6.45) is 1.81. The number of tetrazole rings is 1. The van der Waals surface area contributed by atoms with Crippen molar-refractivity contribution in [3.05, 3.63) is 66.0 Å². The van der Waals surface area contributed by atoms with E-state index in [1.807, 2.05) is 55.5 Å². The van der Waals surface area contributed by atoms with Crippen LogP contribution < -0.4 is 5.32 Å². The Morgan fingerprint density at radius 2 is 2.04 bits per heavy atom. The molecule has 128 valence electrons. The molecule has 1 heterocycles. The summed E-state index contributed by atoms with van der Waals surface area (Å²) in [5.74, 6) is -0.0976. The minimum Gasteiger partial charge on any atom is -0.376 e. The van der Waals surface area contributed by atoms with Crippen LogP contribution in [0.15, 0.2) is 54.9 Å². The quantitative estimate of drug-likeness (QED) is 0.670. The van der Waals surface area contributed by atoms with Crippen LogP contribution in [0.5, 0.6) is 0 Å². The lowest BCUT2D eigenvalue weighted by molar-refractivity contribution is -0.117. The number of hydrogen-bond acceptors (Lipinski definition) is 5. The maximum atomic E-state index is 12.1. The molecule has 1 N–H and O–H groups in total. The van der Waals surface area contributed by atoms with E-state index in [1.54, 1.807) is 4.68 Å². The number of rotatable bonds is 7. The molecule has 2 aromatic carbocycles. The van der Waals surface area contributed by atoms with E-state index in [2.05, 4.69) is 20.8 Å². The third kappa shape index (κ3) is 4.71. The summed E-state index contributed by atoms with van der Waals surface area (Å²) in [5.41, 5.74) is 3.62. The van der Waals surface area contributed by atoms with Crippen LogP contribution in [0.1, 0.15) is 17.5 Å². The highest BCUT2D eigenvalue weighted by Crippen LogP contribution is 2.18. The van der Waals surface area contributed by atoms with Crippen LogP contribution in [-0.2, 0) is 16.1 Å². The normalized spacial score (nSPS) is 10.6. The molecule has 7 heteroatoms. The van der Waals surface area contributed by atoms with Gasteiger partial charge in [-0.2, -0.15) is 0 Å². The van der Waals surface area contributed by atoms with Gasteiger partial charge in [0.15, 0.2) is 0 Å². The Labute approximate surface area is 145 Å². The predicted octanol–water partition coefficient (Wildman–Crippen LogP) is 2.52. The van der Waals surface area contributed by atoms with Gasteiger partial charge in [0.2, 0.25) is 5.91 Å². The minimum absolute atomic E-state index is 0.0976. The van der Waals surface area contributed by atoms with E-state index in [0.717, 1.165) is 16.8 Å². The van der Waals surface area contributed by atoms with Crippen LogP contribution in [0.3, 0.4) is 0 Å². The topological polar surface area (TPSA) is 81.9 Å². The van der Waals surface area contributed by atoms with Crippen LogP contribution in [-0.4, -0.2) is 32.7 Å². The molecule has 0 spiro atoms. The molecule has 0 bridgehead atoms. The maximum Gasteiger partial charge on any atom is 0.226 e. The molecule has 3 rings (SSSR count). The van der Waals surface area contributed by atoms with Crippen LogP contribution in [0.25, 0.3) is 5.69 Å². The number of nitrogens with one attached hydrogen (secondary N) is 1. The van der Waals surface area contributed by atoms with E-state index in [0.29, 0.717) is 25.3 Å². The van der Waals surface area contributed by atoms with E-state index in [1.165, 1.54) is 6.33 Å². The number of amides is 1. The van der Waals surface area contributed by atoms with Crippen molar-refractivity contribution in [3.63, 3.8) is 0 Å². The summed E-state index contributed by atoms with van der Waals surface area (Å²) >= 11 is 0. The first-order valence-corrected chi connectivity index (χ1v) is 7.98. The molecule has 1 amide bonds. The summed E-state index contributed by atoms with van der Waals surface area (Å²) in [6.45, 7) is 2.83. The van der Waals surface area contributed by atoms with Crippen molar-refractivity contribution in [1.29, 1.82) is 0 Å². The highest BCUT2D eigenvalue weighted by atomic mass is 16.5. The average molecular weight is 337 g/mol.